The van der Waals surface area contributed by atoms with Gasteiger partial charge in [0.25, 0.3) is 0 Å². The zero-order valence-corrected chi connectivity index (χ0v) is 12.6. The summed E-state index contributed by atoms with van der Waals surface area (Å²) in [5, 5.41) is 0. The van der Waals surface area contributed by atoms with Crippen LogP contribution in [-0.4, -0.2) is 49.5 Å². The molecule has 3 atom stereocenters. The second-order valence-corrected chi connectivity index (χ2v) is 6.77. The van der Waals surface area contributed by atoms with Crippen LogP contribution in [-0.2, 0) is 14.3 Å². The largest absolute Gasteiger partial charge is 0.444 e. The number of amides is 1. The lowest BCUT2D eigenvalue weighted by Crippen LogP contribution is -2.36. The van der Waals surface area contributed by atoms with Crippen molar-refractivity contribution >= 4 is 6.09 Å². The molecule has 2 aliphatic rings. The molecule has 0 spiro atoms. The highest BCUT2D eigenvalue weighted by atomic mass is 16.6. The van der Waals surface area contributed by atoms with E-state index in [0.29, 0.717) is 31.5 Å². The Balaban J connectivity index is 1.97. The first kappa shape index (κ1) is 15.5. The standard InChI is InChI=1S/C14H26N2O4/c1-14(2,3)20-13(17)16-6-11(9-19-15)12(7-16)10-4-5-18-8-10/h10-12H,4-9,15H2,1-3H3. The van der Waals surface area contributed by atoms with Crippen LogP contribution < -0.4 is 5.90 Å². The molecule has 0 aromatic carbocycles. The Labute approximate surface area is 120 Å². The van der Waals surface area contributed by atoms with Crippen LogP contribution >= 0.6 is 0 Å². The summed E-state index contributed by atoms with van der Waals surface area (Å²) in [4.78, 5) is 18.8. The van der Waals surface area contributed by atoms with E-state index in [9.17, 15) is 4.79 Å². The smallest absolute Gasteiger partial charge is 0.410 e. The number of hydrogen-bond donors (Lipinski definition) is 1. The van der Waals surface area contributed by atoms with Gasteiger partial charge in [-0.05, 0) is 39.0 Å². The maximum atomic E-state index is 12.2. The molecule has 0 aromatic rings. The predicted molar refractivity (Wildman–Crippen MR) is 73.9 cm³/mol. The Kier molecular flexibility index (Phi) is 4.88. The topological polar surface area (TPSA) is 74.0 Å². The zero-order chi connectivity index (χ0) is 14.8. The number of carbonyl (C=O) groups is 1. The summed E-state index contributed by atoms with van der Waals surface area (Å²) in [5.74, 6) is 6.36. The molecule has 2 saturated heterocycles. The lowest BCUT2D eigenvalue weighted by atomic mass is 9.84. The van der Waals surface area contributed by atoms with Crippen LogP contribution in [0, 0.1) is 17.8 Å². The molecule has 3 unspecified atom stereocenters. The molecule has 2 fully saturated rings. The van der Waals surface area contributed by atoms with Gasteiger partial charge in [0.1, 0.15) is 5.60 Å². The van der Waals surface area contributed by atoms with Gasteiger partial charge < -0.3 is 19.2 Å². The SMILES string of the molecule is CC(C)(C)OC(=O)N1CC(CON)C(C2CCOC2)C1. The number of rotatable bonds is 3. The van der Waals surface area contributed by atoms with Gasteiger partial charge >= 0.3 is 6.09 Å². The number of carbonyl (C=O) groups excluding carboxylic acids is 1. The maximum Gasteiger partial charge on any atom is 0.410 e. The first-order valence-corrected chi connectivity index (χ1v) is 7.28. The lowest BCUT2D eigenvalue weighted by Gasteiger charge is -2.25. The molecule has 0 saturated carbocycles. The highest BCUT2D eigenvalue weighted by Crippen LogP contribution is 2.35. The summed E-state index contributed by atoms with van der Waals surface area (Å²) in [5.41, 5.74) is -0.467. The number of nitrogens with zero attached hydrogens (tertiary/aromatic N) is 1. The second-order valence-electron chi connectivity index (χ2n) is 6.77. The number of hydrogen-bond acceptors (Lipinski definition) is 5. The van der Waals surface area contributed by atoms with E-state index in [0.717, 1.165) is 19.6 Å². The highest BCUT2D eigenvalue weighted by Gasteiger charge is 2.42. The summed E-state index contributed by atoms with van der Waals surface area (Å²) >= 11 is 0. The normalized spacial score (nSPS) is 30.8. The van der Waals surface area contributed by atoms with Crippen molar-refractivity contribution in [2.45, 2.75) is 32.8 Å². The summed E-state index contributed by atoms with van der Waals surface area (Å²) in [6.45, 7) is 9.04. The van der Waals surface area contributed by atoms with E-state index in [2.05, 4.69) is 0 Å². The van der Waals surface area contributed by atoms with E-state index in [1.165, 1.54) is 0 Å². The van der Waals surface area contributed by atoms with Crippen LogP contribution in [0.4, 0.5) is 4.79 Å². The molecular weight excluding hydrogens is 260 g/mol. The third-order valence-corrected chi connectivity index (χ3v) is 4.02. The van der Waals surface area contributed by atoms with E-state index in [1.54, 1.807) is 4.90 Å². The molecule has 0 aromatic heterocycles. The molecule has 20 heavy (non-hydrogen) atoms. The number of likely N-dealkylation sites (tertiary alicyclic amines) is 1. The van der Waals surface area contributed by atoms with Crippen molar-refractivity contribution in [2.75, 3.05) is 32.9 Å². The van der Waals surface area contributed by atoms with E-state index < -0.39 is 5.60 Å². The minimum absolute atomic E-state index is 0.249. The Morgan fingerprint density at radius 3 is 2.70 bits per heavy atom. The van der Waals surface area contributed by atoms with Crippen LogP contribution in [0.25, 0.3) is 0 Å². The molecule has 6 nitrogen and oxygen atoms in total. The van der Waals surface area contributed by atoms with Crippen molar-refractivity contribution in [1.82, 2.24) is 4.90 Å². The van der Waals surface area contributed by atoms with Crippen molar-refractivity contribution < 1.29 is 19.1 Å². The van der Waals surface area contributed by atoms with Gasteiger partial charge in [-0.3, -0.25) is 0 Å². The molecule has 1 amide bonds. The van der Waals surface area contributed by atoms with Crippen LogP contribution in [0.2, 0.25) is 0 Å². The lowest BCUT2D eigenvalue weighted by molar-refractivity contribution is 0.0272. The average Bonchev–Trinajstić information content (AvgIpc) is 2.94. The Morgan fingerprint density at radius 2 is 2.15 bits per heavy atom. The Hall–Kier alpha value is -0.850. The fourth-order valence-corrected chi connectivity index (χ4v) is 3.10. The monoisotopic (exact) mass is 286 g/mol. The van der Waals surface area contributed by atoms with Crippen molar-refractivity contribution in [3.05, 3.63) is 0 Å². The van der Waals surface area contributed by atoms with Gasteiger partial charge in [-0.15, -0.1) is 0 Å². The molecule has 2 N–H and O–H groups in total. The Bertz CT molecular complexity index is 337. The number of nitrogens with two attached hydrogens (primary N) is 1. The summed E-state index contributed by atoms with van der Waals surface area (Å²) in [6.07, 6.45) is 0.800. The zero-order valence-electron chi connectivity index (χ0n) is 12.6. The van der Waals surface area contributed by atoms with Crippen molar-refractivity contribution in [1.29, 1.82) is 0 Å². The molecule has 0 radical (unpaired) electrons. The molecule has 116 valence electrons. The molecule has 2 rings (SSSR count). The van der Waals surface area contributed by atoms with Gasteiger partial charge in [-0.1, -0.05) is 0 Å². The Morgan fingerprint density at radius 1 is 1.40 bits per heavy atom. The third-order valence-electron chi connectivity index (χ3n) is 4.02. The molecule has 2 aliphatic heterocycles. The average molecular weight is 286 g/mol. The first-order valence-electron chi connectivity index (χ1n) is 7.28. The third kappa shape index (κ3) is 3.84. The van der Waals surface area contributed by atoms with Crippen molar-refractivity contribution in [3.63, 3.8) is 0 Å². The van der Waals surface area contributed by atoms with E-state index in [1.807, 2.05) is 20.8 Å². The maximum absolute atomic E-state index is 12.2. The quantitative estimate of drug-likeness (QED) is 0.794. The van der Waals surface area contributed by atoms with E-state index >= 15 is 0 Å². The van der Waals surface area contributed by atoms with Crippen LogP contribution in [0.1, 0.15) is 27.2 Å². The number of ether oxygens (including phenoxy) is 2. The minimum atomic E-state index is -0.467. The molecule has 0 bridgehead atoms. The summed E-state index contributed by atoms with van der Waals surface area (Å²) < 4.78 is 10.9. The minimum Gasteiger partial charge on any atom is -0.444 e. The molecule has 0 aliphatic carbocycles. The van der Waals surface area contributed by atoms with Gasteiger partial charge in [0.05, 0.1) is 6.61 Å². The predicted octanol–water partition coefficient (Wildman–Crippen LogP) is 1.40. The molecule has 2 heterocycles. The first-order chi connectivity index (χ1) is 9.40. The van der Waals surface area contributed by atoms with Gasteiger partial charge in [0.15, 0.2) is 0 Å². The van der Waals surface area contributed by atoms with Gasteiger partial charge in [-0.2, -0.15) is 0 Å². The van der Waals surface area contributed by atoms with Crippen LogP contribution in [0.15, 0.2) is 0 Å². The van der Waals surface area contributed by atoms with Gasteiger partial charge in [0.2, 0.25) is 0 Å². The summed E-state index contributed by atoms with van der Waals surface area (Å²) in [6, 6.07) is 0. The van der Waals surface area contributed by atoms with Crippen LogP contribution in [0.5, 0.6) is 0 Å². The van der Waals surface area contributed by atoms with Crippen molar-refractivity contribution in [3.8, 4) is 0 Å². The molecule has 6 heteroatoms. The molecular formula is C14H26N2O4. The van der Waals surface area contributed by atoms with Gasteiger partial charge in [-0.25, -0.2) is 10.7 Å². The fourth-order valence-electron chi connectivity index (χ4n) is 3.10. The van der Waals surface area contributed by atoms with Gasteiger partial charge in [0, 0.05) is 32.2 Å². The van der Waals surface area contributed by atoms with Crippen molar-refractivity contribution in [2.24, 2.45) is 23.7 Å². The fraction of sp³-hybridized carbons (Fsp3) is 0.929. The van der Waals surface area contributed by atoms with Crippen LogP contribution in [0.3, 0.4) is 0 Å². The van der Waals surface area contributed by atoms with E-state index in [-0.39, 0.29) is 12.0 Å². The highest BCUT2D eigenvalue weighted by molar-refractivity contribution is 5.68. The summed E-state index contributed by atoms with van der Waals surface area (Å²) in [7, 11) is 0. The second kappa shape index (κ2) is 6.28. The van der Waals surface area contributed by atoms with E-state index in [4.69, 9.17) is 20.2 Å².